The number of nitrogens with one attached hydrogen (secondary N) is 1. The first-order valence-corrected chi connectivity index (χ1v) is 6.17. The summed E-state index contributed by atoms with van der Waals surface area (Å²) in [6.07, 6.45) is 2.30. The number of nitriles is 1. The van der Waals surface area contributed by atoms with Crippen LogP contribution in [0.4, 0.5) is 0 Å². The standard InChI is InChI=1S/C13H18N4O/c1-18-13-3-2-11(10-16-13)12(4-5-14)17-8-6-15-7-9-17/h2-3,10,12,15H,4,6-9H2,1H3/t12-/m0/s1. The summed E-state index contributed by atoms with van der Waals surface area (Å²) < 4.78 is 5.05. The van der Waals surface area contributed by atoms with Crippen LogP contribution in [-0.2, 0) is 0 Å². The molecule has 0 radical (unpaired) electrons. The monoisotopic (exact) mass is 246 g/mol. The number of nitrogens with zero attached hydrogens (tertiary/aromatic N) is 3. The summed E-state index contributed by atoms with van der Waals surface area (Å²) >= 11 is 0. The van der Waals surface area contributed by atoms with Crippen LogP contribution in [0.2, 0.25) is 0 Å². The largest absolute Gasteiger partial charge is 0.481 e. The minimum absolute atomic E-state index is 0.135. The maximum Gasteiger partial charge on any atom is 0.212 e. The lowest BCUT2D eigenvalue weighted by atomic mass is 10.0. The average Bonchev–Trinajstić information content (AvgIpc) is 2.46. The lowest BCUT2D eigenvalue weighted by molar-refractivity contribution is 0.175. The van der Waals surface area contributed by atoms with Gasteiger partial charge in [0.25, 0.3) is 0 Å². The number of pyridine rings is 1. The maximum absolute atomic E-state index is 8.99. The number of methoxy groups -OCH3 is 1. The Hall–Kier alpha value is -1.64. The summed E-state index contributed by atoms with van der Waals surface area (Å²) in [6.45, 7) is 3.90. The molecule has 0 bridgehead atoms. The molecule has 0 spiro atoms. The van der Waals surface area contributed by atoms with Crippen molar-refractivity contribution in [1.29, 1.82) is 5.26 Å². The third kappa shape index (κ3) is 2.97. The van der Waals surface area contributed by atoms with Crippen molar-refractivity contribution in [2.24, 2.45) is 0 Å². The molecule has 0 amide bonds. The Bertz CT molecular complexity index is 406. The summed E-state index contributed by atoms with van der Waals surface area (Å²) in [5.74, 6) is 0.606. The molecule has 18 heavy (non-hydrogen) atoms. The van der Waals surface area contributed by atoms with E-state index in [1.165, 1.54) is 0 Å². The second-order valence-electron chi connectivity index (χ2n) is 4.30. The second kappa shape index (κ2) is 6.34. The highest BCUT2D eigenvalue weighted by molar-refractivity contribution is 5.22. The number of hydrogen-bond acceptors (Lipinski definition) is 5. The molecule has 0 unspecified atom stereocenters. The zero-order chi connectivity index (χ0) is 12.8. The fourth-order valence-corrected chi connectivity index (χ4v) is 2.25. The first-order chi connectivity index (χ1) is 8.85. The molecule has 5 heteroatoms. The van der Waals surface area contributed by atoms with Crippen molar-refractivity contribution < 1.29 is 4.74 Å². The van der Waals surface area contributed by atoms with E-state index in [9.17, 15) is 0 Å². The molecule has 2 heterocycles. The van der Waals surface area contributed by atoms with Gasteiger partial charge in [0.05, 0.1) is 19.6 Å². The van der Waals surface area contributed by atoms with E-state index in [0.29, 0.717) is 12.3 Å². The van der Waals surface area contributed by atoms with Crippen LogP contribution in [0.5, 0.6) is 5.88 Å². The van der Waals surface area contributed by atoms with Crippen LogP contribution in [0.25, 0.3) is 0 Å². The number of aromatic nitrogens is 1. The molecule has 0 saturated carbocycles. The van der Waals surface area contributed by atoms with E-state index in [-0.39, 0.29) is 6.04 Å². The van der Waals surface area contributed by atoms with Gasteiger partial charge in [-0.05, 0) is 5.56 Å². The van der Waals surface area contributed by atoms with Gasteiger partial charge in [0, 0.05) is 44.5 Å². The van der Waals surface area contributed by atoms with Gasteiger partial charge in [-0.25, -0.2) is 4.98 Å². The highest BCUT2D eigenvalue weighted by atomic mass is 16.5. The molecule has 1 atom stereocenters. The minimum atomic E-state index is 0.135. The van der Waals surface area contributed by atoms with Gasteiger partial charge in [0.15, 0.2) is 0 Å². The molecule has 1 N–H and O–H groups in total. The molecule has 0 aromatic carbocycles. The molecule has 5 nitrogen and oxygen atoms in total. The molecular weight excluding hydrogens is 228 g/mol. The Morgan fingerprint density at radius 2 is 2.28 bits per heavy atom. The molecular formula is C13H18N4O. The maximum atomic E-state index is 8.99. The van der Waals surface area contributed by atoms with E-state index < -0.39 is 0 Å². The zero-order valence-electron chi connectivity index (χ0n) is 10.6. The van der Waals surface area contributed by atoms with Crippen molar-refractivity contribution in [3.8, 4) is 11.9 Å². The predicted octanol–water partition coefficient (Wildman–Crippen LogP) is 0.950. The van der Waals surface area contributed by atoms with Gasteiger partial charge in [-0.2, -0.15) is 5.26 Å². The number of ether oxygens (including phenoxy) is 1. The van der Waals surface area contributed by atoms with Gasteiger partial charge in [-0.1, -0.05) is 6.07 Å². The molecule has 96 valence electrons. The third-order valence-corrected chi connectivity index (χ3v) is 3.23. The van der Waals surface area contributed by atoms with Crippen molar-refractivity contribution in [3.05, 3.63) is 23.9 Å². The van der Waals surface area contributed by atoms with Gasteiger partial charge in [-0.15, -0.1) is 0 Å². The normalized spacial score (nSPS) is 18.0. The van der Waals surface area contributed by atoms with E-state index in [1.807, 2.05) is 18.3 Å². The fraction of sp³-hybridized carbons (Fsp3) is 0.538. The first kappa shape index (κ1) is 12.8. The lowest BCUT2D eigenvalue weighted by Crippen LogP contribution is -2.45. The topological polar surface area (TPSA) is 61.2 Å². The Labute approximate surface area is 107 Å². The van der Waals surface area contributed by atoms with Crippen LogP contribution >= 0.6 is 0 Å². The van der Waals surface area contributed by atoms with E-state index in [2.05, 4.69) is 21.3 Å². The minimum Gasteiger partial charge on any atom is -0.481 e. The van der Waals surface area contributed by atoms with E-state index in [0.717, 1.165) is 31.7 Å². The molecule has 1 saturated heterocycles. The molecule has 0 aliphatic carbocycles. The van der Waals surface area contributed by atoms with Gasteiger partial charge in [-0.3, -0.25) is 4.90 Å². The highest BCUT2D eigenvalue weighted by Crippen LogP contribution is 2.24. The predicted molar refractivity (Wildman–Crippen MR) is 68.2 cm³/mol. The Kier molecular flexibility index (Phi) is 4.51. The molecule has 1 aliphatic rings. The van der Waals surface area contributed by atoms with Gasteiger partial charge < -0.3 is 10.1 Å². The van der Waals surface area contributed by atoms with E-state index in [1.54, 1.807) is 7.11 Å². The van der Waals surface area contributed by atoms with Crippen molar-refractivity contribution in [1.82, 2.24) is 15.2 Å². The van der Waals surface area contributed by atoms with Crippen LogP contribution in [0, 0.1) is 11.3 Å². The fourth-order valence-electron chi connectivity index (χ4n) is 2.25. The third-order valence-electron chi connectivity index (χ3n) is 3.23. The summed E-state index contributed by atoms with van der Waals surface area (Å²) in [5.41, 5.74) is 1.08. The van der Waals surface area contributed by atoms with Crippen molar-refractivity contribution in [3.63, 3.8) is 0 Å². The van der Waals surface area contributed by atoms with Crippen LogP contribution in [0.15, 0.2) is 18.3 Å². The quantitative estimate of drug-likeness (QED) is 0.857. The Balaban J connectivity index is 2.14. The van der Waals surface area contributed by atoms with Gasteiger partial charge in [0.2, 0.25) is 5.88 Å². The van der Waals surface area contributed by atoms with Crippen molar-refractivity contribution in [2.75, 3.05) is 33.3 Å². The second-order valence-corrected chi connectivity index (χ2v) is 4.30. The summed E-state index contributed by atoms with van der Waals surface area (Å²) in [5, 5.41) is 12.3. The van der Waals surface area contributed by atoms with Gasteiger partial charge >= 0.3 is 0 Å². The molecule has 1 aliphatic heterocycles. The zero-order valence-corrected chi connectivity index (χ0v) is 10.6. The average molecular weight is 246 g/mol. The number of piperazine rings is 1. The molecule has 2 rings (SSSR count). The Morgan fingerprint density at radius 3 is 2.83 bits per heavy atom. The summed E-state index contributed by atoms with van der Waals surface area (Å²) in [4.78, 5) is 6.56. The van der Waals surface area contributed by atoms with Crippen molar-refractivity contribution in [2.45, 2.75) is 12.5 Å². The smallest absolute Gasteiger partial charge is 0.212 e. The summed E-state index contributed by atoms with van der Waals surface area (Å²) in [7, 11) is 1.60. The Morgan fingerprint density at radius 1 is 1.50 bits per heavy atom. The SMILES string of the molecule is COc1ccc([C@H](CC#N)N2CCNCC2)cn1. The van der Waals surface area contributed by atoms with Crippen LogP contribution < -0.4 is 10.1 Å². The van der Waals surface area contributed by atoms with Crippen LogP contribution in [-0.4, -0.2) is 43.2 Å². The lowest BCUT2D eigenvalue weighted by Gasteiger charge is -2.33. The van der Waals surface area contributed by atoms with Crippen molar-refractivity contribution >= 4 is 0 Å². The number of rotatable bonds is 4. The van der Waals surface area contributed by atoms with Crippen LogP contribution in [0.1, 0.15) is 18.0 Å². The van der Waals surface area contributed by atoms with E-state index in [4.69, 9.17) is 10.00 Å². The number of hydrogen-bond donors (Lipinski definition) is 1. The molecule has 1 aromatic heterocycles. The van der Waals surface area contributed by atoms with Gasteiger partial charge in [0.1, 0.15) is 0 Å². The molecule has 1 aromatic rings. The molecule has 1 fully saturated rings. The first-order valence-electron chi connectivity index (χ1n) is 6.17. The summed E-state index contributed by atoms with van der Waals surface area (Å²) in [6, 6.07) is 6.25. The van der Waals surface area contributed by atoms with E-state index >= 15 is 0 Å². The van der Waals surface area contributed by atoms with Crippen LogP contribution in [0.3, 0.4) is 0 Å². The highest BCUT2D eigenvalue weighted by Gasteiger charge is 2.22.